The molecule has 1 aliphatic rings. The Labute approximate surface area is 220 Å². The van der Waals surface area contributed by atoms with Gasteiger partial charge in [-0.15, -0.1) is 10.2 Å². The molecule has 1 fully saturated rings. The fourth-order valence-electron chi connectivity index (χ4n) is 4.15. The smallest absolute Gasteiger partial charge is 0.243 e. The number of halogens is 1. The van der Waals surface area contributed by atoms with Crippen LogP contribution in [-0.4, -0.2) is 66.3 Å². The minimum atomic E-state index is -4.10. The normalized spacial score (nSPS) is 17.7. The van der Waals surface area contributed by atoms with Crippen molar-refractivity contribution in [2.75, 3.05) is 32.7 Å². The third-order valence-corrected chi connectivity index (χ3v) is 7.97. The summed E-state index contributed by atoms with van der Waals surface area (Å²) in [6.07, 6.45) is 3.97. The Morgan fingerprint density at radius 3 is 2.35 bits per heavy atom. The number of para-hydroxylation sites is 1. The second kappa shape index (κ2) is 11.6. The fraction of sp³-hybridized carbons (Fsp3) is 0.478. The SMILES string of the molecule is COc1cccc(OC)c1-n1c(NS(=O)(=O)[C@@H](C)[C@H](OC)c2ncc(Cl)cn2)nnc1[C@H]1CCCCO1. The highest BCUT2D eigenvalue weighted by atomic mass is 35.5. The summed E-state index contributed by atoms with van der Waals surface area (Å²) in [4.78, 5) is 8.25. The van der Waals surface area contributed by atoms with Crippen molar-refractivity contribution in [3.8, 4) is 17.2 Å². The van der Waals surface area contributed by atoms with Gasteiger partial charge in [-0.25, -0.2) is 18.4 Å². The quantitative estimate of drug-likeness (QED) is 0.397. The van der Waals surface area contributed by atoms with E-state index in [0.717, 1.165) is 12.8 Å². The van der Waals surface area contributed by atoms with Gasteiger partial charge in [-0.1, -0.05) is 17.7 Å². The summed E-state index contributed by atoms with van der Waals surface area (Å²) >= 11 is 5.88. The molecule has 0 bridgehead atoms. The minimum Gasteiger partial charge on any atom is -0.494 e. The van der Waals surface area contributed by atoms with Crippen molar-refractivity contribution in [2.24, 2.45) is 0 Å². The van der Waals surface area contributed by atoms with Crippen molar-refractivity contribution in [1.82, 2.24) is 24.7 Å². The van der Waals surface area contributed by atoms with Crippen LogP contribution in [0.25, 0.3) is 5.69 Å². The number of ether oxygens (including phenoxy) is 4. The average Bonchev–Trinajstić information content (AvgIpc) is 3.32. The van der Waals surface area contributed by atoms with Crippen LogP contribution in [0.4, 0.5) is 5.95 Å². The molecule has 0 saturated carbocycles. The van der Waals surface area contributed by atoms with Gasteiger partial charge in [0.25, 0.3) is 0 Å². The predicted octanol–water partition coefficient (Wildman–Crippen LogP) is 3.49. The molecule has 12 nitrogen and oxygen atoms in total. The van der Waals surface area contributed by atoms with Crippen molar-refractivity contribution in [3.63, 3.8) is 0 Å². The van der Waals surface area contributed by atoms with Gasteiger partial charge in [-0.05, 0) is 38.3 Å². The third-order valence-electron chi connectivity index (χ3n) is 6.08. The van der Waals surface area contributed by atoms with Gasteiger partial charge < -0.3 is 18.9 Å². The van der Waals surface area contributed by atoms with Crippen LogP contribution in [0.1, 0.15) is 50.0 Å². The summed E-state index contributed by atoms with van der Waals surface area (Å²) in [5, 5.41) is 7.73. The second-order valence-corrected chi connectivity index (χ2v) is 10.8. The maximum atomic E-state index is 13.6. The standard InChI is InChI=1S/C23H29ClN6O6S/c1-14(20(35-4)21-25-12-15(24)13-26-21)37(31,32)29-23-28-27-22(18-8-5-6-11-36-18)30(23)19-16(33-2)9-7-10-17(19)34-3/h7,9-10,12-14,18,20H,5-6,8,11H2,1-4H3,(H,28,29)/t14-,18+,20-/m0/s1. The van der Waals surface area contributed by atoms with E-state index in [1.165, 1.54) is 40.6 Å². The molecule has 3 heterocycles. The van der Waals surface area contributed by atoms with E-state index in [-0.39, 0.29) is 17.9 Å². The van der Waals surface area contributed by atoms with Gasteiger partial charge in [0.1, 0.15) is 34.6 Å². The molecule has 4 rings (SSSR count). The van der Waals surface area contributed by atoms with Gasteiger partial charge in [0.2, 0.25) is 16.0 Å². The molecule has 37 heavy (non-hydrogen) atoms. The van der Waals surface area contributed by atoms with E-state index in [4.69, 9.17) is 30.5 Å². The van der Waals surface area contributed by atoms with Gasteiger partial charge in [0.05, 0.1) is 19.2 Å². The van der Waals surface area contributed by atoms with Crippen LogP contribution in [0.5, 0.6) is 11.5 Å². The van der Waals surface area contributed by atoms with Gasteiger partial charge in [-0.3, -0.25) is 9.29 Å². The Morgan fingerprint density at radius 2 is 1.78 bits per heavy atom. The number of hydrogen-bond acceptors (Lipinski definition) is 10. The maximum Gasteiger partial charge on any atom is 0.243 e. The molecule has 3 atom stereocenters. The highest BCUT2D eigenvalue weighted by Gasteiger charge is 2.36. The van der Waals surface area contributed by atoms with Crippen LogP contribution >= 0.6 is 11.6 Å². The second-order valence-electron chi connectivity index (χ2n) is 8.35. The van der Waals surface area contributed by atoms with Gasteiger partial charge in [-0.2, -0.15) is 0 Å². The Bertz CT molecular complexity index is 1290. The zero-order valence-electron chi connectivity index (χ0n) is 20.9. The van der Waals surface area contributed by atoms with E-state index in [1.54, 1.807) is 22.8 Å². The summed E-state index contributed by atoms with van der Waals surface area (Å²) in [6, 6.07) is 5.25. The predicted molar refractivity (Wildman–Crippen MR) is 136 cm³/mol. The highest BCUT2D eigenvalue weighted by Crippen LogP contribution is 2.39. The Balaban J connectivity index is 1.78. The van der Waals surface area contributed by atoms with Crippen molar-refractivity contribution < 1.29 is 27.4 Å². The average molecular weight is 553 g/mol. The van der Waals surface area contributed by atoms with Crippen molar-refractivity contribution in [1.29, 1.82) is 0 Å². The summed E-state index contributed by atoms with van der Waals surface area (Å²) < 4.78 is 53.9. The molecule has 1 aromatic carbocycles. The zero-order valence-corrected chi connectivity index (χ0v) is 22.5. The molecule has 1 aliphatic heterocycles. The van der Waals surface area contributed by atoms with Crippen LogP contribution in [0.15, 0.2) is 30.6 Å². The lowest BCUT2D eigenvalue weighted by molar-refractivity contribution is 0.00839. The van der Waals surface area contributed by atoms with Crippen molar-refractivity contribution >= 4 is 27.6 Å². The van der Waals surface area contributed by atoms with Gasteiger partial charge in [0, 0.05) is 26.1 Å². The van der Waals surface area contributed by atoms with Crippen LogP contribution < -0.4 is 14.2 Å². The number of anilines is 1. The maximum absolute atomic E-state index is 13.6. The molecule has 1 saturated heterocycles. The van der Waals surface area contributed by atoms with Crippen LogP contribution in [0, 0.1) is 0 Å². The Kier molecular flexibility index (Phi) is 8.47. The molecule has 0 radical (unpaired) electrons. The molecule has 0 spiro atoms. The van der Waals surface area contributed by atoms with E-state index >= 15 is 0 Å². The minimum absolute atomic E-state index is 0.0503. The van der Waals surface area contributed by atoms with Crippen molar-refractivity contribution in [2.45, 2.75) is 43.6 Å². The topological polar surface area (TPSA) is 140 Å². The Morgan fingerprint density at radius 1 is 1.11 bits per heavy atom. The lowest BCUT2D eigenvalue weighted by Crippen LogP contribution is -2.33. The fourth-order valence-corrected chi connectivity index (χ4v) is 5.38. The number of methoxy groups -OCH3 is 3. The number of benzene rings is 1. The first-order chi connectivity index (χ1) is 17.8. The van der Waals surface area contributed by atoms with E-state index in [1.807, 2.05) is 0 Å². The molecule has 0 aliphatic carbocycles. The summed E-state index contributed by atoms with van der Waals surface area (Å²) in [7, 11) is 0.310. The van der Waals surface area contributed by atoms with Crippen LogP contribution in [-0.2, 0) is 19.5 Å². The molecule has 1 N–H and O–H groups in total. The first-order valence-corrected chi connectivity index (χ1v) is 13.5. The van der Waals surface area contributed by atoms with E-state index in [0.29, 0.717) is 41.1 Å². The van der Waals surface area contributed by atoms with E-state index in [2.05, 4.69) is 24.9 Å². The molecule has 200 valence electrons. The molecular weight excluding hydrogens is 524 g/mol. The number of sulfonamides is 1. The molecule has 0 amide bonds. The van der Waals surface area contributed by atoms with Crippen LogP contribution in [0.3, 0.4) is 0 Å². The third kappa shape index (κ3) is 5.64. The summed E-state index contributed by atoms with van der Waals surface area (Å²) in [5.41, 5.74) is 0.441. The van der Waals surface area contributed by atoms with E-state index in [9.17, 15) is 8.42 Å². The number of nitrogens with one attached hydrogen (secondary N) is 1. The number of hydrogen-bond donors (Lipinski definition) is 1. The zero-order chi connectivity index (χ0) is 26.6. The van der Waals surface area contributed by atoms with Gasteiger partial charge in [0.15, 0.2) is 11.6 Å². The summed E-state index contributed by atoms with van der Waals surface area (Å²) in [5.74, 6) is 1.43. The Hall–Kier alpha value is -3.00. The number of nitrogens with zero attached hydrogens (tertiary/aromatic N) is 5. The molecule has 0 unspecified atom stereocenters. The summed E-state index contributed by atoms with van der Waals surface area (Å²) in [6.45, 7) is 2.05. The first kappa shape index (κ1) is 27.0. The number of rotatable bonds is 10. The number of aromatic nitrogens is 5. The monoisotopic (exact) mass is 552 g/mol. The molecule has 2 aromatic heterocycles. The molecule has 3 aromatic rings. The van der Waals surface area contributed by atoms with Crippen molar-refractivity contribution in [3.05, 3.63) is 47.3 Å². The van der Waals surface area contributed by atoms with Gasteiger partial charge >= 0.3 is 0 Å². The lowest BCUT2D eigenvalue weighted by Gasteiger charge is -2.25. The lowest BCUT2D eigenvalue weighted by atomic mass is 10.1. The first-order valence-electron chi connectivity index (χ1n) is 11.6. The molecule has 14 heteroatoms. The largest absolute Gasteiger partial charge is 0.494 e. The molecular formula is C23H29ClN6O6S. The van der Waals surface area contributed by atoms with E-state index < -0.39 is 21.4 Å². The van der Waals surface area contributed by atoms with Crippen LogP contribution in [0.2, 0.25) is 5.02 Å². The highest BCUT2D eigenvalue weighted by molar-refractivity contribution is 7.93.